The summed E-state index contributed by atoms with van der Waals surface area (Å²) >= 11 is 0. The van der Waals surface area contributed by atoms with Crippen LogP contribution < -0.4 is 5.32 Å². The third-order valence-electron chi connectivity index (χ3n) is 4.13. The van der Waals surface area contributed by atoms with E-state index in [9.17, 15) is 14.4 Å². The van der Waals surface area contributed by atoms with Crippen LogP contribution >= 0.6 is 0 Å². The summed E-state index contributed by atoms with van der Waals surface area (Å²) in [6, 6.07) is 0. The molecule has 0 bridgehead atoms. The first-order valence-electron chi connectivity index (χ1n) is 7.82. The molecule has 0 radical (unpaired) electrons. The smallest absolute Gasteiger partial charge is 0.225 e. The zero-order valence-corrected chi connectivity index (χ0v) is 14.6. The number of nitrogens with one attached hydrogen (secondary N) is 1. The number of ketones is 2. The lowest BCUT2D eigenvalue weighted by Crippen LogP contribution is -2.35. The molecule has 0 unspecified atom stereocenters. The van der Waals surface area contributed by atoms with Crippen molar-refractivity contribution in [2.24, 2.45) is 5.41 Å². The molecule has 22 heavy (non-hydrogen) atoms. The molecule has 1 aliphatic rings. The minimum Gasteiger partial charge on any atom is -0.356 e. The van der Waals surface area contributed by atoms with Gasteiger partial charge in [0.2, 0.25) is 5.91 Å². The molecular formula is C18H27NO3. The van der Waals surface area contributed by atoms with Gasteiger partial charge in [-0.3, -0.25) is 14.4 Å². The molecule has 4 nitrogen and oxygen atoms in total. The van der Waals surface area contributed by atoms with Crippen molar-refractivity contribution in [1.29, 1.82) is 0 Å². The highest BCUT2D eigenvalue weighted by Crippen LogP contribution is 2.27. The van der Waals surface area contributed by atoms with E-state index >= 15 is 0 Å². The Hall–Kier alpha value is -1.71. The minimum atomic E-state index is -0.385. The van der Waals surface area contributed by atoms with Gasteiger partial charge in [0, 0.05) is 34.3 Å². The van der Waals surface area contributed by atoms with Crippen LogP contribution in [0, 0.1) is 5.41 Å². The molecule has 0 aromatic rings. The van der Waals surface area contributed by atoms with Gasteiger partial charge in [-0.25, -0.2) is 0 Å². The van der Waals surface area contributed by atoms with E-state index in [0.717, 1.165) is 12.8 Å². The first-order chi connectivity index (χ1) is 10.1. The van der Waals surface area contributed by atoms with Crippen LogP contribution in [-0.4, -0.2) is 24.0 Å². The van der Waals surface area contributed by atoms with E-state index in [1.165, 1.54) is 0 Å². The van der Waals surface area contributed by atoms with Gasteiger partial charge in [0.15, 0.2) is 11.6 Å². The molecule has 0 spiro atoms. The summed E-state index contributed by atoms with van der Waals surface area (Å²) < 4.78 is 0. The van der Waals surface area contributed by atoms with Gasteiger partial charge in [-0.15, -0.1) is 0 Å². The molecule has 0 aromatic carbocycles. The van der Waals surface area contributed by atoms with E-state index in [1.807, 2.05) is 20.8 Å². The molecule has 0 aromatic heterocycles. The number of hydrogen-bond donors (Lipinski definition) is 1. The van der Waals surface area contributed by atoms with E-state index in [4.69, 9.17) is 0 Å². The molecule has 0 saturated heterocycles. The van der Waals surface area contributed by atoms with Gasteiger partial charge >= 0.3 is 0 Å². The van der Waals surface area contributed by atoms with Crippen molar-refractivity contribution in [2.45, 2.75) is 60.8 Å². The summed E-state index contributed by atoms with van der Waals surface area (Å²) in [4.78, 5) is 36.0. The monoisotopic (exact) mass is 305 g/mol. The van der Waals surface area contributed by atoms with E-state index in [2.05, 4.69) is 5.32 Å². The Morgan fingerprint density at radius 3 is 2.00 bits per heavy atom. The Morgan fingerprint density at radius 1 is 0.909 bits per heavy atom. The molecule has 0 fully saturated rings. The molecular weight excluding hydrogens is 278 g/mol. The van der Waals surface area contributed by atoms with Crippen LogP contribution in [-0.2, 0) is 14.4 Å². The zero-order chi connectivity index (χ0) is 17.1. The number of allylic oxidation sites excluding steroid dienone is 4. The second kappa shape index (κ2) is 7.03. The Balaban J connectivity index is 2.51. The molecule has 4 heteroatoms. The second-order valence-corrected chi connectivity index (χ2v) is 6.97. The van der Waals surface area contributed by atoms with E-state index in [1.54, 1.807) is 20.8 Å². The molecule has 0 atom stereocenters. The van der Waals surface area contributed by atoms with Crippen LogP contribution in [0.3, 0.4) is 0 Å². The highest BCUT2D eigenvalue weighted by molar-refractivity contribution is 6.24. The normalized spacial score (nSPS) is 16.5. The lowest BCUT2D eigenvalue weighted by Gasteiger charge is -2.19. The van der Waals surface area contributed by atoms with Gasteiger partial charge in [0.05, 0.1) is 0 Å². The van der Waals surface area contributed by atoms with E-state index in [0.29, 0.717) is 35.3 Å². The Kier molecular flexibility index (Phi) is 5.86. The van der Waals surface area contributed by atoms with Crippen molar-refractivity contribution in [3.8, 4) is 0 Å². The van der Waals surface area contributed by atoms with Gasteiger partial charge < -0.3 is 5.32 Å². The first-order valence-corrected chi connectivity index (χ1v) is 7.82. The summed E-state index contributed by atoms with van der Waals surface area (Å²) in [7, 11) is 0. The predicted molar refractivity (Wildman–Crippen MR) is 87.4 cm³/mol. The van der Waals surface area contributed by atoms with Crippen molar-refractivity contribution in [2.75, 3.05) is 6.54 Å². The number of carbonyl (C=O) groups is 3. The van der Waals surface area contributed by atoms with Gasteiger partial charge in [-0.05, 0) is 40.0 Å². The number of Topliss-reactive ketones (excluding diaryl/α,β-unsaturated/α-hetero) is 2. The topological polar surface area (TPSA) is 63.2 Å². The molecule has 0 aliphatic heterocycles. The Morgan fingerprint density at radius 2 is 1.45 bits per heavy atom. The molecule has 1 aliphatic carbocycles. The van der Waals surface area contributed by atoms with Crippen LogP contribution in [0.25, 0.3) is 0 Å². The van der Waals surface area contributed by atoms with Gasteiger partial charge in [0.1, 0.15) is 0 Å². The van der Waals surface area contributed by atoms with Crippen LogP contribution in [0.1, 0.15) is 60.8 Å². The quantitative estimate of drug-likeness (QED) is 0.627. The van der Waals surface area contributed by atoms with Gasteiger partial charge in [0.25, 0.3) is 0 Å². The fourth-order valence-corrected chi connectivity index (χ4v) is 2.35. The van der Waals surface area contributed by atoms with Crippen molar-refractivity contribution in [3.05, 3.63) is 22.3 Å². The lowest BCUT2D eigenvalue weighted by molar-refractivity contribution is -0.128. The second-order valence-electron chi connectivity index (χ2n) is 6.97. The number of carbonyl (C=O) groups excluding carboxylic acids is 3. The van der Waals surface area contributed by atoms with Gasteiger partial charge in [-0.1, -0.05) is 20.8 Å². The maximum Gasteiger partial charge on any atom is 0.225 e. The van der Waals surface area contributed by atoms with Crippen LogP contribution in [0.5, 0.6) is 0 Å². The lowest BCUT2D eigenvalue weighted by atomic mass is 9.84. The highest BCUT2D eigenvalue weighted by atomic mass is 16.2. The van der Waals surface area contributed by atoms with Crippen LogP contribution in [0.15, 0.2) is 22.3 Å². The minimum absolute atomic E-state index is 0.00618. The number of amides is 1. The fraction of sp³-hybridized carbons (Fsp3) is 0.611. The Bertz CT molecular complexity index is 559. The average Bonchev–Trinajstić information content (AvgIpc) is 2.44. The molecule has 1 rings (SSSR count). The zero-order valence-electron chi connectivity index (χ0n) is 14.6. The van der Waals surface area contributed by atoms with Crippen LogP contribution in [0.2, 0.25) is 0 Å². The summed E-state index contributed by atoms with van der Waals surface area (Å²) in [5.74, 6) is 0.00248. The standard InChI is InChI=1S/C18H27NO3/c1-11-12(2)16(21)14(13(3)15(11)20)9-7-8-10-19-17(22)18(4,5)6/h7-10H2,1-6H3,(H,19,22). The SMILES string of the molecule is CC1=C(C)C(=O)C(CCCCNC(=O)C(C)(C)C)=C(C)C1=O. The molecule has 122 valence electrons. The molecule has 0 heterocycles. The summed E-state index contributed by atoms with van der Waals surface area (Å²) in [5, 5.41) is 2.89. The maximum atomic E-state index is 12.3. The third-order valence-corrected chi connectivity index (χ3v) is 4.13. The molecule has 1 N–H and O–H groups in total. The summed E-state index contributed by atoms with van der Waals surface area (Å²) in [6.45, 7) is 11.4. The molecule has 1 amide bonds. The van der Waals surface area contributed by atoms with E-state index in [-0.39, 0.29) is 22.9 Å². The van der Waals surface area contributed by atoms with Crippen molar-refractivity contribution >= 4 is 17.5 Å². The largest absolute Gasteiger partial charge is 0.356 e. The average molecular weight is 305 g/mol. The van der Waals surface area contributed by atoms with Gasteiger partial charge in [-0.2, -0.15) is 0 Å². The van der Waals surface area contributed by atoms with Crippen LogP contribution in [0.4, 0.5) is 0 Å². The molecule has 0 saturated carbocycles. The Labute approximate surface area is 133 Å². The predicted octanol–water partition coefficient (Wildman–Crippen LogP) is 3.12. The van der Waals surface area contributed by atoms with Crippen molar-refractivity contribution in [3.63, 3.8) is 0 Å². The highest BCUT2D eigenvalue weighted by Gasteiger charge is 2.27. The van der Waals surface area contributed by atoms with Crippen molar-refractivity contribution < 1.29 is 14.4 Å². The number of rotatable bonds is 5. The van der Waals surface area contributed by atoms with E-state index < -0.39 is 0 Å². The third kappa shape index (κ3) is 4.15. The maximum absolute atomic E-state index is 12.3. The van der Waals surface area contributed by atoms with Crippen molar-refractivity contribution in [1.82, 2.24) is 5.32 Å². The first kappa shape index (κ1) is 18.3. The number of hydrogen-bond acceptors (Lipinski definition) is 3. The summed E-state index contributed by atoms with van der Waals surface area (Å²) in [6.07, 6.45) is 2.16. The summed E-state index contributed by atoms with van der Waals surface area (Å²) in [5.41, 5.74) is 1.95. The fourth-order valence-electron chi connectivity index (χ4n) is 2.35. The number of unbranched alkanes of at least 4 members (excludes halogenated alkanes) is 1.